The maximum Gasteiger partial charge on any atom is 0.227 e. The fourth-order valence-corrected chi connectivity index (χ4v) is 4.11. The quantitative estimate of drug-likeness (QED) is 0.706. The first-order chi connectivity index (χ1) is 14.1. The normalized spacial score (nSPS) is 20.5. The number of aryl methyl sites for hydroxylation is 1. The second-order valence-electron chi connectivity index (χ2n) is 7.87. The number of morpholine rings is 1. The van der Waals surface area contributed by atoms with Crippen molar-refractivity contribution in [3.8, 4) is 0 Å². The largest absolute Gasteiger partial charge is 0.379 e. The van der Waals surface area contributed by atoms with Gasteiger partial charge in [0.15, 0.2) is 0 Å². The van der Waals surface area contributed by atoms with Crippen LogP contribution >= 0.6 is 0 Å². The zero-order valence-electron chi connectivity index (χ0n) is 18.2. The van der Waals surface area contributed by atoms with Crippen molar-refractivity contribution >= 4 is 17.7 Å². The molecule has 3 rings (SSSR count). The number of hydrogen-bond donors (Lipinski definition) is 1. The van der Waals surface area contributed by atoms with Crippen molar-refractivity contribution in [1.82, 2.24) is 19.8 Å². The first kappa shape index (κ1) is 21.8. The van der Waals surface area contributed by atoms with Gasteiger partial charge in [-0.3, -0.25) is 9.69 Å². The van der Waals surface area contributed by atoms with Crippen LogP contribution in [0.1, 0.15) is 32.4 Å². The number of hydrogen-bond acceptors (Lipinski definition) is 7. The summed E-state index contributed by atoms with van der Waals surface area (Å²) in [7, 11) is 0. The molecule has 1 aromatic rings. The highest BCUT2D eigenvalue weighted by molar-refractivity contribution is 5.79. The molecule has 0 radical (unpaired) electrons. The minimum Gasteiger partial charge on any atom is -0.379 e. The standard InChI is InChI=1S/C21H36N6O2/c1-4-26(5-2)20(28)18-7-6-9-27(16-18)21-23-17(3)15-19(24-21)22-8-10-25-11-13-29-14-12-25/h15,18H,4-14,16H2,1-3H3,(H,22,23,24). The van der Waals surface area contributed by atoms with E-state index in [4.69, 9.17) is 9.72 Å². The summed E-state index contributed by atoms with van der Waals surface area (Å²) in [6.45, 7) is 14.7. The summed E-state index contributed by atoms with van der Waals surface area (Å²) in [5, 5.41) is 3.45. The van der Waals surface area contributed by atoms with Crippen LogP contribution in [0.5, 0.6) is 0 Å². The van der Waals surface area contributed by atoms with Gasteiger partial charge in [-0.1, -0.05) is 0 Å². The molecule has 8 nitrogen and oxygen atoms in total. The lowest BCUT2D eigenvalue weighted by atomic mass is 9.96. The number of carbonyl (C=O) groups is 1. The van der Waals surface area contributed by atoms with E-state index < -0.39 is 0 Å². The van der Waals surface area contributed by atoms with E-state index in [2.05, 4.69) is 20.1 Å². The fraction of sp³-hybridized carbons (Fsp3) is 0.762. The van der Waals surface area contributed by atoms with Crippen molar-refractivity contribution in [2.24, 2.45) is 5.92 Å². The Kier molecular flexibility index (Phi) is 8.06. The molecule has 0 aliphatic carbocycles. The smallest absolute Gasteiger partial charge is 0.227 e. The predicted molar refractivity (Wildman–Crippen MR) is 115 cm³/mol. The molecule has 8 heteroatoms. The van der Waals surface area contributed by atoms with Crippen molar-refractivity contribution in [3.05, 3.63) is 11.8 Å². The zero-order valence-corrected chi connectivity index (χ0v) is 18.2. The lowest BCUT2D eigenvalue weighted by Gasteiger charge is -2.34. The Labute approximate surface area is 174 Å². The van der Waals surface area contributed by atoms with Crippen LogP contribution in [-0.4, -0.2) is 91.2 Å². The van der Waals surface area contributed by atoms with E-state index in [9.17, 15) is 4.79 Å². The second kappa shape index (κ2) is 10.7. The van der Waals surface area contributed by atoms with Crippen LogP contribution < -0.4 is 10.2 Å². The summed E-state index contributed by atoms with van der Waals surface area (Å²) in [5.41, 5.74) is 0.945. The first-order valence-corrected chi connectivity index (χ1v) is 11.0. The molecule has 2 fully saturated rings. The number of nitrogens with zero attached hydrogens (tertiary/aromatic N) is 5. The molecular weight excluding hydrogens is 368 g/mol. The lowest BCUT2D eigenvalue weighted by Crippen LogP contribution is -2.45. The van der Waals surface area contributed by atoms with E-state index in [1.54, 1.807) is 0 Å². The van der Waals surface area contributed by atoms with Crippen LogP contribution in [0.15, 0.2) is 6.07 Å². The highest BCUT2D eigenvalue weighted by atomic mass is 16.5. The van der Waals surface area contributed by atoms with Gasteiger partial charge >= 0.3 is 0 Å². The topological polar surface area (TPSA) is 73.8 Å². The molecule has 0 aromatic carbocycles. The third kappa shape index (κ3) is 6.02. The summed E-state index contributed by atoms with van der Waals surface area (Å²) in [5.74, 6) is 1.88. The maximum absolute atomic E-state index is 12.8. The van der Waals surface area contributed by atoms with Crippen molar-refractivity contribution in [1.29, 1.82) is 0 Å². The van der Waals surface area contributed by atoms with Gasteiger partial charge in [0.2, 0.25) is 11.9 Å². The average Bonchev–Trinajstić information content (AvgIpc) is 2.75. The highest BCUT2D eigenvalue weighted by Gasteiger charge is 2.29. The van der Waals surface area contributed by atoms with Crippen LogP contribution in [0.25, 0.3) is 0 Å². The summed E-state index contributed by atoms with van der Waals surface area (Å²) >= 11 is 0. The number of piperidine rings is 1. The van der Waals surface area contributed by atoms with Gasteiger partial charge in [0.1, 0.15) is 5.82 Å². The van der Waals surface area contributed by atoms with Gasteiger partial charge in [0.05, 0.1) is 19.1 Å². The Balaban J connectivity index is 1.59. The van der Waals surface area contributed by atoms with Crippen molar-refractivity contribution in [3.63, 3.8) is 0 Å². The molecule has 2 aliphatic heterocycles. The van der Waals surface area contributed by atoms with Crippen molar-refractivity contribution < 1.29 is 9.53 Å². The number of aromatic nitrogens is 2. The minimum atomic E-state index is 0.0329. The third-order valence-electron chi connectivity index (χ3n) is 5.81. The van der Waals surface area contributed by atoms with Crippen LogP contribution in [-0.2, 0) is 9.53 Å². The van der Waals surface area contributed by atoms with Gasteiger partial charge in [-0.25, -0.2) is 4.98 Å². The van der Waals surface area contributed by atoms with Gasteiger partial charge in [-0.15, -0.1) is 0 Å². The monoisotopic (exact) mass is 404 g/mol. The lowest BCUT2D eigenvalue weighted by molar-refractivity contribution is -0.135. The molecule has 1 aromatic heterocycles. The number of nitrogens with one attached hydrogen (secondary N) is 1. The fourth-order valence-electron chi connectivity index (χ4n) is 4.11. The highest BCUT2D eigenvalue weighted by Crippen LogP contribution is 2.23. The second-order valence-corrected chi connectivity index (χ2v) is 7.87. The van der Waals surface area contributed by atoms with Gasteiger partial charge < -0.3 is 19.9 Å². The van der Waals surface area contributed by atoms with E-state index >= 15 is 0 Å². The van der Waals surface area contributed by atoms with E-state index in [-0.39, 0.29) is 11.8 Å². The van der Waals surface area contributed by atoms with Gasteiger partial charge in [0.25, 0.3) is 0 Å². The summed E-state index contributed by atoms with van der Waals surface area (Å²) < 4.78 is 5.40. The molecule has 1 amide bonds. The molecule has 1 atom stereocenters. The first-order valence-electron chi connectivity index (χ1n) is 11.0. The minimum absolute atomic E-state index is 0.0329. The molecule has 29 heavy (non-hydrogen) atoms. The van der Waals surface area contributed by atoms with Gasteiger partial charge in [-0.05, 0) is 33.6 Å². The molecule has 162 valence electrons. The Hall–Kier alpha value is -1.93. The van der Waals surface area contributed by atoms with Gasteiger partial charge in [0, 0.05) is 64.1 Å². The van der Waals surface area contributed by atoms with Crippen LogP contribution in [0.4, 0.5) is 11.8 Å². The Morgan fingerprint density at radius 2 is 2.00 bits per heavy atom. The summed E-state index contributed by atoms with van der Waals surface area (Å²) in [6.07, 6.45) is 1.94. The number of carbonyl (C=O) groups excluding carboxylic acids is 1. The molecule has 2 aliphatic rings. The number of amides is 1. The number of rotatable bonds is 8. The molecule has 1 unspecified atom stereocenters. The van der Waals surface area contributed by atoms with E-state index in [1.165, 1.54) is 0 Å². The maximum atomic E-state index is 12.8. The SMILES string of the molecule is CCN(CC)C(=O)C1CCCN(c2nc(C)cc(NCCN3CCOCC3)n2)C1. The van der Waals surface area contributed by atoms with Crippen LogP contribution in [0.3, 0.4) is 0 Å². The Bertz CT molecular complexity index is 661. The average molecular weight is 405 g/mol. The van der Waals surface area contributed by atoms with Crippen molar-refractivity contribution in [2.45, 2.75) is 33.6 Å². The van der Waals surface area contributed by atoms with Gasteiger partial charge in [-0.2, -0.15) is 4.98 Å². The Morgan fingerprint density at radius 1 is 1.24 bits per heavy atom. The summed E-state index contributed by atoms with van der Waals surface area (Å²) in [6, 6.07) is 1.99. The number of ether oxygens (including phenoxy) is 1. The number of anilines is 2. The molecule has 0 bridgehead atoms. The Morgan fingerprint density at radius 3 is 2.72 bits per heavy atom. The molecule has 2 saturated heterocycles. The molecular formula is C21H36N6O2. The predicted octanol–water partition coefficient (Wildman–Crippen LogP) is 1.61. The van der Waals surface area contributed by atoms with E-state index in [0.29, 0.717) is 6.54 Å². The van der Waals surface area contributed by atoms with E-state index in [1.807, 2.05) is 31.7 Å². The summed E-state index contributed by atoms with van der Waals surface area (Å²) in [4.78, 5) is 28.7. The molecule has 3 heterocycles. The molecule has 1 N–H and O–H groups in total. The molecule has 0 saturated carbocycles. The van der Waals surface area contributed by atoms with Crippen LogP contribution in [0.2, 0.25) is 0 Å². The molecule has 0 spiro atoms. The third-order valence-corrected chi connectivity index (χ3v) is 5.81. The zero-order chi connectivity index (χ0) is 20.6. The van der Waals surface area contributed by atoms with Crippen LogP contribution in [0, 0.1) is 12.8 Å². The van der Waals surface area contributed by atoms with E-state index in [0.717, 1.165) is 89.3 Å². The van der Waals surface area contributed by atoms with Crippen molar-refractivity contribution in [2.75, 3.05) is 75.8 Å².